The molecule has 10 nitrogen and oxygen atoms in total. The smallest absolute Gasteiger partial charge is 0.226 e. The van der Waals surface area contributed by atoms with E-state index in [-0.39, 0.29) is 11.8 Å². The molecule has 4 aromatic rings. The van der Waals surface area contributed by atoms with E-state index < -0.39 is 0 Å². The fraction of sp³-hybridized carbons (Fsp3) is 0.400. The molecule has 1 aliphatic heterocycles. The van der Waals surface area contributed by atoms with Gasteiger partial charge in [0.1, 0.15) is 5.82 Å². The van der Waals surface area contributed by atoms with Crippen molar-refractivity contribution in [1.29, 1.82) is 0 Å². The van der Waals surface area contributed by atoms with E-state index in [0.717, 1.165) is 35.4 Å². The highest BCUT2D eigenvalue weighted by Gasteiger charge is 2.33. The van der Waals surface area contributed by atoms with E-state index in [9.17, 15) is 4.79 Å². The summed E-state index contributed by atoms with van der Waals surface area (Å²) in [6.07, 6.45) is 2.36. The minimum atomic E-state index is -0.170. The summed E-state index contributed by atoms with van der Waals surface area (Å²) in [6.45, 7) is 9.03. The molecule has 10 heteroatoms. The third kappa shape index (κ3) is 4.20. The van der Waals surface area contributed by atoms with Gasteiger partial charge in [0.15, 0.2) is 28.8 Å². The van der Waals surface area contributed by atoms with Crippen molar-refractivity contribution < 1.29 is 14.3 Å². The normalized spacial score (nSPS) is 15.2. The summed E-state index contributed by atoms with van der Waals surface area (Å²) in [7, 11) is 0. The summed E-state index contributed by atoms with van der Waals surface area (Å²) in [4.78, 5) is 12.8. The number of carbonyl (C=O) groups excluding carboxylic acids is 1. The van der Waals surface area contributed by atoms with Crippen LogP contribution in [-0.2, 0) is 4.79 Å². The van der Waals surface area contributed by atoms with Gasteiger partial charge in [-0.15, -0.1) is 15.3 Å². The van der Waals surface area contributed by atoms with Crippen LogP contribution < -0.4 is 14.8 Å². The number of aromatic nitrogens is 6. The van der Waals surface area contributed by atoms with Crippen molar-refractivity contribution in [2.24, 2.45) is 0 Å². The van der Waals surface area contributed by atoms with Crippen LogP contribution >= 0.6 is 0 Å². The molecule has 0 fully saturated rings. The van der Waals surface area contributed by atoms with Crippen LogP contribution in [0, 0.1) is 13.8 Å². The van der Waals surface area contributed by atoms with Gasteiger partial charge in [0.05, 0.1) is 18.9 Å². The molecule has 1 N–H and O–H groups in total. The van der Waals surface area contributed by atoms with Gasteiger partial charge in [-0.3, -0.25) is 4.79 Å². The molecule has 5 rings (SSSR count). The number of fused-ring (bicyclic) bond motifs is 2. The summed E-state index contributed by atoms with van der Waals surface area (Å²) in [5.41, 5.74) is 3.42. The molecule has 0 saturated heterocycles. The molecule has 4 heterocycles. The number of nitrogens with one attached hydrogen (secondary N) is 1. The van der Waals surface area contributed by atoms with Gasteiger partial charge >= 0.3 is 0 Å². The van der Waals surface area contributed by atoms with Crippen molar-refractivity contribution in [3.8, 4) is 17.3 Å². The van der Waals surface area contributed by atoms with E-state index in [2.05, 4.69) is 27.5 Å². The van der Waals surface area contributed by atoms with Crippen LogP contribution in [0.5, 0.6) is 11.5 Å². The van der Waals surface area contributed by atoms with Crippen LogP contribution in [0.4, 0.5) is 5.82 Å². The van der Waals surface area contributed by atoms with Crippen molar-refractivity contribution in [1.82, 2.24) is 29.6 Å². The molecule has 35 heavy (non-hydrogen) atoms. The van der Waals surface area contributed by atoms with E-state index >= 15 is 0 Å². The number of aryl methyl sites for hydroxylation is 2. The van der Waals surface area contributed by atoms with E-state index in [1.165, 1.54) is 0 Å². The lowest BCUT2D eigenvalue weighted by Gasteiger charge is -2.25. The zero-order valence-electron chi connectivity index (χ0n) is 20.4. The van der Waals surface area contributed by atoms with Gasteiger partial charge in [0.25, 0.3) is 0 Å². The van der Waals surface area contributed by atoms with E-state index in [1.54, 1.807) is 9.20 Å². The third-order valence-corrected chi connectivity index (χ3v) is 6.15. The summed E-state index contributed by atoms with van der Waals surface area (Å²) in [6, 6.07) is 9.59. The lowest BCUT2D eigenvalue weighted by Crippen LogP contribution is -2.25. The Balaban J connectivity index is 1.56. The number of hydrogen-bond donors (Lipinski definition) is 1. The van der Waals surface area contributed by atoms with E-state index in [0.29, 0.717) is 48.5 Å². The number of hydrogen-bond acceptors (Lipinski definition) is 7. The van der Waals surface area contributed by atoms with Crippen LogP contribution in [0.15, 0.2) is 30.3 Å². The van der Waals surface area contributed by atoms with Gasteiger partial charge in [-0.1, -0.05) is 19.4 Å². The van der Waals surface area contributed by atoms with Crippen LogP contribution in [0.1, 0.15) is 61.7 Å². The van der Waals surface area contributed by atoms with Crippen LogP contribution in [0.2, 0.25) is 0 Å². The van der Waals surface area contributed by atoms with Crippen LogP contribution in [0.3, 0.4) is 0 Å². The number of amides is 1. The fourth-order valence-corrected chi connectivity index (χ4v) is 4.45. The molecule has 0 aliphatic carbocycles. The Hall–Kier alpha value is -3.95. The Morgan fingerprint density at radius 3 is 2.71 bits per heavy atom. The van der Waals surface area contributed by atoms with Gasteiger partial charge in [-0.05, 0) is 57.0 Å². The molecule has 1 amide bonds. The molecule has 1 aliphatic rings. The maximum absolute atomic E-state index is 12.8. The predicted molar refractivity (Wildman–Crippen MR) is 130 cm³/mol. The Labute approximate surface area is 203 Å². The monoisotopic (exact) mass is 475 g/mol. The van der Waals surface area contributed by atoms with Crippen molar-refractivity contribution in [3.63, 3.8) is 0 Å². The first-order valence-electron chi connectivity index (χ1n) is 12.0. The number of rotatable bonds is 8. The summed E-state index contributed by atoms with van der Waals surface area (Å²) < 4.78 is 15.2. The lowest BCUT2D eigenvalue weighted by atomic mass is 9.85. The van der Waals surface area contributed by atoms with Gasteiger partial charge in [-0.25, -0.2) is 0 Å². The molecule has 0 radical (unpaired) electrons. The van der Waals surface area contributed by atoms with Gasteiger partial charge in [-0.2, -0.15) is 14.3 Å². The highest BCUT2D eigenvalue weighted by molar-refractivity contribution is 5.95. The van der Waals surface area contributed by atoms with Crippen LogP contribution in [-0.4, -0.2) is 48.7 Å². The average Bonchev–Trinajstić information content (AvgIpc) is 3.39. The molecule has 0 saturated carbocycles. The highest BCUT2D eigenvalue weighted by Crippen LogP contribution is 2.42. The van der Waals surface area contributed by atoms with Crippen LogP contribution in [0.25, 0.3) is 11.5 Å². The van der Waals surface area contributed by atoms with Crippen molar-refractivity contribution in [3.05, 3.63) is 53.0 Å². The first kappa shape index (κ1) is 22.8. The first-order chi connectivity index (χ1) is 17.0. The molecule has 0 spiro atoms. The number of ether oxygens (including phenoxy) is 2. The Kier molecular flexibility index (Phi) is 6.10. The molecule has 3 aromatic heterocycles. The van der Waals surface area contributed by atoms with E-state index in [4.69, 9.17) is 14.6 Å². The molecular formula is C25H29N7O3. The quantitative estimate of drug-likeness (QED) is 0.384. The Morgan fingerprint density at radius 1 is 1.06 bits per heavy atom. The zero-order chi connectivity index (χ0) is 24.5. The second-order valence-electron chi connectivity index (χ2n) is 8.61. The summed E-state index contributed by atoms with van der Waals surface area (Å²) in [5.74, 6) is 3.03. The lowest BCUT2D eigenvalue weighted by molar-refractivity contribution is -0.116. The molecular weight excluding hydrogens is 446 g/mol. The maximum atomic E-state index is 12.8. The topological polar surface area (TPSA) is 108 Å². The number of carbonyl (C=O) groups is 1. The van der Waals surface area contributed by atoms with Crippen molar-refractivity contribution >= 4 is 17.4 Å². The maximum Gasteiger partial charge on any atom is 0.226 e. The molecule has 0 unspecified atom stereocenters. The Morgan fingerprint density at radius 2 is 1.91 bits per heavy atom. The number of benzene rings is 1. The van der Waals surface area contributed by atoms with Gasteiger partial charge in [0.2, 0.25) is 5.91 Å². The SMILES string of the molecule is CCCCOc1ccc([C@@H]2CC(=O)Nc3c2c(C)nn3-c2ccc3nnc(C)n3n2)cc1OCC. The molecule has 182 valence electrons. The highest BCUT2D eigenvalue weighted by atomic mass is 16.5. The summed E-state index contributed by atoms with van der Waals surface area (Å²) >= 11 is 0. The van der Waals surface area contributed by atoms with Crippen molar-refractivity contribution in [2.75, 3.05) is 18.5 Å². The number of nitrogens with zero attached hydrogens (tertiary/aromatic N) is 6. The standard InChI is InChI=1S/C25H29N7O3/c1-5-7-12-35-19-9-8-17(13-20(19)34-6-2)18-14-23(33)26-25-24(18)15(3)29-32(25)22-11-10-21-28-27-16(4)31(21)30-22/h8-11,13,18H,5-7,12,14H2,1-4H3,(H,26,33)/t18-/m0/s1. The predicted octanol–water partition coefficient (Wildman–Crippen LogP) is 3.98. The minimum Gasteiger partial charge on any atom is -0.490 e. The van der Waals surface area contributed by atoms with Gasteiger partial charge in [0, 0.05) is 17.9 Å². The second-order valence-corrected chi connectivity index (χ2v) is 8.61. The minimum absolute atomic E-state index is 0.0774. The van der Waals surface area contributed by atoms with Crippen molar-refractivity contribution in [2.45, 2.75) is 52.9 Å². The second kappa shape index (κ2) is 9.36. The first-order valence-corrected chi connectivity index (χ1v) is 12.0. The molecule has 1 aromatic carbocycles. The number of anilines is 1. The third-order valence-electron chi connectivity index (χ3n) is 6.15. The van der Waals surface area contributed by atoms with Gasteiger partial charge < -0.3 is 14.8 Å². The Bertz CT molecular complexity index is 1390. The molecule has 1 atom stereocenters. The average molecular weight is 476 g/mol. The van der Waals surface area contributed by atoms with E-state index in [1.807, 2.05) is 51.1 Å². The molecule has 0 bridgehead atoms. The zero-order valence-corrected chi connectivity index (χ0v) is 20.4. The fourth-order valence-electron chi connectivity index (χ4n) is 4.45. The largest absolute Gasteiger partial charge is 0.490 e. The number of unbranched alkanes of at least 4 members (excludes halogenated alkanes) is 1. The summed E-state index contributed by atoms with van der Waals surface area (Å²) in [5, 5.41) is 20.6.